The Morgan fingerprint density at radius 1 is 0.895 bits per heavy atom. The molecule has 0 aromatic carbocycles. The predicted octanol–water partition coefficient (Wildman–Crippen LogP) is 5.42. The molecule has 0 aliphatic rings. The van der Waals surface area contributed by atoms with Gasteiger partial charge in [0.05, 0.1) is 0 Å². The number of thiophene rings is 1. The van der Waals surface area contributed by atoms with Gasteiger partial charge in [0.2, 0.25) is 0 Å². The van der Waals surface area contributed by atoms with Gasteiger partial charge in [-0.3, -0.25) is 0 Å². The van der Waals surface area contributed by atoms with E-state index in [9.17, 15) is 0 Å². The van der Waals surface area contributed by atoms with Crippen LogP contribution in [-0.2, 0) is 0 Å². The van der Waals surface area contributed by atoms with Gasteiger partial charge in [0.25, 0.3) is 0 Å². The molecule has 0 bridgehead atoms. The molecule has 3 heteroatoms. The second-order valence-electron chi connectivity index (χ2n) is 5.57. The van der Waals surface area contributed by atoms with E-state index >= 15 is 0 Å². The van der Waals surface area contributed by atoms with Crippen LogP contribution in [0.4, 0.5) is 0 Å². The summed E-state index contributed by atoms with van der Waals surface area (Å²) in [6.45, 7) is 7.06. The minimum atomic E-state index is -2.01. The van der Waals surface area contributed by atoms with Crippen molar-refractivity contribution < 1.29 is 0 Å². The van der Waals surface area contributed by atoms with Crippen LogP contribution in [0.15, 0.2) is 17.5 Å². The molecule has 0 N–H and O–H groups in total. The van der Waals surface area contributed by atoms with Gasteiger partial charge in [-0.1, -0.05) is 0 Å². The van der Waals surface area contributed by atoms with Crippen LogP contribution >= 0.6 is 11.3 Å². The molecule has 1 rings (SSSR count). The standard InChI is InChI=1S/C4H3S.3C4H9.2Sn/c1-2-4-5-3-1;3*1-3-4-2;;/h1-3H;3*1,3-4H2,2H3;;. The Kier molecular flexibility index (Phi) is 12.7. The third kappa shape index (κ3) is 6.73. The summed E-state index contributed by atoms with van der Waals surface area (Å²) in [5.41, 5.74) is 0. The Bertz CT molecular complexity index is 274. The van der Waals surface area contributed by atoms with E-state index in [-0.39, 0.29) is 23.9 Å². The molecule has 0 saturated carbocycles. The molecule has 1 aromatic rings. The molecule has 4 radical (unpaired) electrons. The monoisotopic (exact) mass is 494 g/mol. The molecule has 0 spiro atoms. The summed E-state index contributed by atoms with van der Waals surface area (Å²) in [6.07, 6.45) is 8.55. The molecule has 0 amide bonds. The Balaban J connectivity index is 0.00000324. The number of unbranched alkanes of at least 4 members (excludes halogenated alkanes) is 3. The molecule has 1 heterocycles. The summed E-state index contributed by atoms with van der Waals surface area (Å²) in [4.78, 5) is 0. The van der Waals surface area contributed by atoms with Gasteiger partial charge in [-0.15, -0.1) is 0 Å². The Hall–Kier alpha value is 1.30. The van der Waals surface area contributed by atoms with Crippen LogP contribution in [0.5, 0.6) is 0 Å². The first-order valence-corrected chi connectivity index (χ1v) is 16.2. The van der Waals surface area contributed by atoms with Gasteiger partial charge in [-0.05, 0) is 0 Å². The van der Waals surface area contributed by atoms with E-state index < -0.39 is 18.4 Å². The van der Waals surface area contributed by atoms with E-state index in [1.54, 1.807) is 13.3 Å². The summed E-state index contributed by atoms with van der Waals surface area (Å²) in [5.74, 6) is 0. The third-order valence-electron chi connectivity index (χ3n) is 4.07. The molecule has 108 valence electrons. The van der Waals surface area contributed by atoms with E-state index in [0.717, 1.165) is 0 Å². The number of hydrogen-bond acceptors (Lipinski definition) is 1. The smallest absolute Gasteiger partial charge is 0 e. The van der Waals surface area contributed by atoms with Gasteiger partial charge in [-0.25, -0.2) is 0 Å². The Morgan fingerprint density at radius 3 is 1.68 bits per heavy atom. The maximum Gasteiger partial charge on any atom is 0 e. The van der Waals surface area contributed by atoms with E-state index in [1.165, 1.54) is 38.5 Å². The van der Waals surface area contributed by atoms with Gasteiger partial charge in [0.15, 0.2) is 0 Å². The molecule has 0 atom stereocenters. The van der Waals surface area contributed by atoms with Crippen molar-refractivity contribution in [3.05, 3.63) is 17.5 Å². The van der Waals surface area contributed by atoms with Crippen LogP contribution in [-0.4, -0.2) is 42.3 Å². The van der Waals surface area contributed by atoms with Crippen LogP contribution in [0.1, 0.15) is 59.3 Å². The maximum atomic E-state index is 2.47. The normalized spacial score (nSPS) is 11.3. The van der Waals surface area contributed by atoms with E-state index in [2.05, 4.69) is 49.6 Å². The second kappa shape index (κ2) is 11.9. The van der Waals surface area contributed by atoms with Gasteiger partial charge in [-0.2, -0.15) is 0 Å². The van der Waals surface area contributed by atoms with Crippen LogP contribution in [0.3, 0.4) is 0 Å². The van der Waals surface area contributed by atoms with Crippen LogP contribution in [0, 0.1) is 0 Å². The van der Waals surface area contributed by atoms with Crippen molar-refractivity contribution in [2.24, 2.45) is 0 Å². The molecule has 0 nitrogen and oxygen atoms in total. The van der Waals surface area contributed by atoms with Crippen molar-refractivity contribution in [3.8, 4) is 0 Å². The number of hydrogen-bond donors (Lipinski definition) is 0. The fourth-order valence-electron chi connectivity index (χ4n) is 2.87. The summed E-state index contributed by atoms with van der Waals surface area (Å²) < 4.78 is 6.67. The largest absolute Gasteiger partial charge is 0 e. The average Bonchev–Trinajstić information content (AvgIpc) is 2.93. The van der Waals surface area contributed by atoms with Crippen molar-refractivity contribution in [1.29, 1.82) is 0 Å². The van der Waals surface area contributed by atoms with Crippen molar-refractivity contribution in [2.75, 3.05) is 0 Å². The second-order valence-corrected chi connectivity index (χ2v) is 20.7. The molecular weight excluding hydrogens is 462 g/mol. The van der Waals surface area contributed by atoms with Crippen LogP contribution < -0.4 is 2.89 Å². The predicted molar refractivity (Wildman–Crippen MR) is 94.6 cm³/mol. The molecule has 1 aromatic heterocycles. The molecule has 0 saturated heterocycles. The maximum absolute atomic E-state index is 2.47. The summed E-state index contributed by atoms with van der Waals surface area (Å²) >= 11 is 0.0608. The van der Waals surface area contributed by atoms with Crippen LogP contribution in [0.2, 0.25) is 13.3 Å². The first-order chi connectivity index (χ1) is 8.79. The van der Waals surface area contributed by atoms with Crippen molar-refractivity contribution in [2.45, 2.75) is 72.6 Å². The van der Waals surface area contributed by atoms with Crippen molar-refractivity contribution in [1.82, 2.24) is 0 Å². The minimum Gasteiger partial charge on any atom is 0 e. The fraction of sp³-hybridized carbons (Fsp3) is 0.750. The van der Waals surface area contributed by atoms with Gasteiger partial charge < -0.3 is 0 Å². The molecule has 0 aliphatic carbocycles. The average molecular weight is 492 g/mol. The Labute approximate surface area is 145 Å². The molecule has 0 aliphatic heterocycles. The van der Waals surface area contributed by atoms with Crippen LogP contribution in [0.25, 0.3) is 0 Å². The van der Waals surface area contributed by atoms with E-state index in [4.69, 9.17) is 0 Å². The molecule has 0 fully saturated rings. The first-order valence-electron chi connectivity index (χ1n) is 7.83. The summed E-state index contributed by atoms with van der Waals surface area (Å²) in [6, 6.07) is 4.76. The quantitative estimate of drug-likeness (QED) is 0.383. The van der Waals surface area contributed by atoms with E-state index in [0.29, 0.717) is 0 Å². The minimum absolute atomic E-state index is 0. The zero-order valence-electron chi connectivity index (χ0n) is 13.0. The summed E-state index contributed by atoms with van der Waals surface area (Å²) in [7, 11) is 0. The molecule has 19 heavy (non-hydrogen) atoms. The fourth-order valence-corrected chi connectivity index (χ4v) is 22.7. The number of rotatable bonds is 10. The van der Waals surface area contributed by atoms with Crippen molar-refractivity contribution >= 4 is 56.5 Å². The van der Waals surface area contributed by atoms with Gasteiger partial charge >= 0.3 is 123 Å². The first kappa shape index (κ1) is 20.3. The van der Waals surface area contributed by atoms with Gasteiger partial charge in [0.1, 0.15) is 0 Å². The molecule has 0 unspecified atom stereocenters. The van der Waals surface area contributed by atoms with Crippen molar-refractivity contribution in [3.63, 3.8) is 0 Å². The SMILES string of the molecule is CCC[CH2][Sn]([CH2]CCC)([CH2]CCC)[c]1cccs1.[Sn]. The topological polar surface area (TPSA) is 0 Å². The zero-order chi connectivity index (χ0) is 13.3. The van der Waals surface area contributed by atoms with E-state index in [1.807, 2.05) is 2.89 Å². The third-order valence-corrected chi connectivity index (χ3v) is 23.3. The molecular formula is C16H30SSn2. The van der Waals surface area contributed by atoms with Gasteiger partial charge in [0, 0.05) is 23.9 Å². The summed E-state index contributed by atoms with van der Waals surface area (Å²) in [5, 5.41) is 2.31. The zero-order valence-corrected chi connectivity index (χ0v) is 19.5. The Morgan fingerprint density at radius 2 is 1.37 bits per heavy atom.